The highest BCUT2D eigenvalue weighted by atomic mass is 19.1. The minimum atomic E-state index is -1.04. The monoisotopic (exact) mass is 357 g/mol. The average molecular weight is 357 g/mol. The molecular weight excluding hydrogens is 337 g/mol. The first-order valence-electron chi connectivity index (χ1n) is 8.28. The lowest BCUT2D eigenvalue weighted by atomic mass is 9.85. The molecule has 0 saturated carbocycles. The van der Waals surface area contributed by atoms with Gasteiger partial charge in [-0.25, -0.2) is 4.39 Å². The molecular formula is C20H20FNO4. The number of aliphatic hydroxyl groups excluding tert-OH is 1. The molecule has 2 aromatic rings. The number of nitrogens with one attached hydrogen (secondary N) is 1. The predicted octanol–water partition coefficient (Wildman–Crippen LogP) is 3.03. The SMILES string of the molecule is CC(=O)c1cccc2c1OC(C)(C)C(O)C2NC(=O)c1ccc(F)cc1. The number of rotatable bonds is 3. The molecule has 0 spiro atoms. The van der Waals surface area contributed by atoms with Gasteiger partial charge in [0.25, 0.3) is 5.91 Å². The highest BCUT2D eigenvalue weighted by molar-refractivity contribution is 5.98. The Morgan fingerprint density at radius 2 is 1.81 bits per heavy atom. The molecule has 5 nitrogen and oxygen atoms in total. The zero-order valence-electron chi connectivity index (χ0n) is 14.7. The third-order valence-electron chi connectivity index (χ3n) is 4.55. The molecule has 1 heterocycles. The lowest BCUT2D eigenvalue weighted by Crippen LogP contribution is -2.53. The van der Waals surface area contributed by atoms with Crippen LogP contribution >= 0.6 is 0 Å². The summed E-state index contributed by atoms with van der Waals surface area (Å²) in [5, 5.41) is 13.5. The summed E-state index contributed by atoms with van der Waals surface area (Å²) in [7, 11) is 0. The van der Waals surface area contributed by atoms with Crippen molar-refractivity contribution >= 4 is 11.7 Å². The van der Waals surface area contributed by atoms with Gasteiger partial charge in [0.05, 0.1) is 11.6 Å². The first-order chi connectivity index (χ1) is 12.2. The fourth-order valence-corrected chi connectivity index (χ4v) is 3.07. The Morgan fingerprint density at radius 1 is 1.15 bits per heavy atom. The predicted molar refractivity (Wildman–Crippen MR) is 93.8 cm³/mol. The molecule has 0 radical (unpaired) electrons. The Balaban J connectivity index is 2.01. The van der Waals surface area contributed by atoms with Crippen molar-refractivity contribution in [2.45, 2.75) is 38.5 Å². The summed E-state index contributed by atoms with van der Waals surface area (Å²) in [6, 6.07) is 9.39. The van der Waals surface area contributed by atoms with E-state index in [1.54, 1.807) is 32.0 Å². The van der Waals surface area contributed by atoms with E-state index in [9.17, 15) is 19.1 Å². The molecule has 2 atom stereocenters. The van der Waals surface area contributed by atoms with Gasteiger partial charge in [-0.15, -0.1) is 0 Å². The number of halogens is 1. The third-order valence-corrected chi connectivity index (χ3v) is 4.55. The molecule has 1 aliphatic heterocycles. The van der Waals surface area contributed by atoms with E-state index in [-0.39, 0.29) is 11.3 Å². The molecule has 0 saturated heterocycles. The smallest absolute Gasteiger partial charge is 0.251 e. The number of aliphatic hydroxyl groups is 1. The van der Waals surface area contributed by atoms with Gasteiger partial charge in [-0.05, 0) is 51.1 Å². The second-order valence-electron chi connectivity index (χ2n) is 6.89. The molecule has 0 bridgehead atoms. The summed E-state index contributed by atoms with van der Waals surface area (Å²) < 4.78 is 19.0. The fourth-order valence-electron chi connectivity index (χ4n) is 3.07. The molecule has 3 rings (SSSR count). The van der Waals surface area contributed by atoms with E-state index < -0.39 is 29.5 Å². The van der Waals surface area contributed by atoms with Gasteiger partial charge in [0, 0.05) is 11.1 Å². The van der Waals surface area contributed by atoms with E-state index in [1.807, 2.05) is 0 Å². The quantitative estimate of drug-likeness (QED) is 0.828. The molecule has 2 aromatic carbocycles. The number of para-hydroxylation sites is 1. The van der Waals surface area contributed by atoms with Crippen molar-refractivity contribution in [3.63, 3.8) is 0 Å². The molecule has 1 amide bonds. The van der Waals surface area contributed by atoms with E-state index >= 15 is 0 Å². The second kappa shape index (κ2) is 6.53. The Labute approximate surface area is 150 Å². The maximum Gasteiger partial charge on any atom is 0.251 e. The highest BCUT2D eigenvalue weighted by Crippen LogP contribution is 2.42. The lowest BCUT2D eigenvalue weighted by molar-refractivity contribution is -0.0630. The number of hydrogen-bond donors (Lipinski definition) is 2. The molecule has 2 unspecified atom stereocenters. The van der Waals surface area contributed by atoms with Crippen molar-refractivity contribution < 1.29 is 23.8 Å². The van der Waals surface area contributed by atoms with Crippen molar-refractivity contribution in [1.29, 1.82) is 0 Å². The average Bonchev–Trinajstić information content (AvgIpc) is 2.58. The first-order valence-corrected chi connectivity index (χ1v) is 8.28. The number of carbonyl (C=O) groups is 2. The summed E-state index contributed by atoms with van der Waals surface area (Å²) in [4.78, 5) is 24.5. The largest absolute Gasteiger partial charge is 0.484 e. The van der Waals surface area contributed by atoms with Crippen LogP contribution < -0.4 is 10.1 Å². The summed E-state index contributed by atoms with van der Waals surface area (Å²) in [6.07, 6.45) is -1.04. The van der Waals surface area contributed by atoms with Gasteiger partial charge in [0.2, 0.25) is 0 Å². The summed E-state index contributed by atoms with van der Waals surface area (Å²) in [6.45, 7) is 4.81. The highest BCUT2D eigenvalue weighted by Gasteiger charge is 2.44. The van der Waals surface area contributed by atoms with E-state index in [0.717, 1.165) is 0 Å². The minimum Gasteiger partial charge on any atom is -0.484 e. The number of ether oxygens (including phenoxy) is 1. The first kappa shape index (κ1) is 18.1. The minimum absolute atomic E-state index is 0.169. The van der Waals surface area contributed by atoms with Gasteiger partial charge >= 0.3 is 0 Å². The maximum atomic E-state index is 13.1. The molecule has 0 fully saturated rings. The van der Waals surface area contributed by atoms with Crippen LogP contribution in [0.25, 0.3) is 0 Å². The van der Waals surface area contributed by atoms with Crippen LogP contribution in [0, 0.1) is 5.82 Å². The number of ketones is 1. The third kappa shape index (κ3) is 3.20. The summed E-state index contributed by atoms with van der Waals surface area (Å²) >= 11 is 0. The molecule has 1 aliphatic rings. The van der Waals surface area contributed by atoms with Crippen LogP contribution in [0.3, 0.4) is 0 Å². The van der Waals surface area contributed by atoms with Crippen LogP contribution in [0.15, 0.2) is 42.5 Å². The Morgan fingerprint density at radius 3 is 2.42 bits per heavy atom. The van der Waals surface area contributed by atoms with Crippen LogP contribution in [-0.4, -0.2) is 28.5 Å². The number of hydrogen-bond acceptors (Lipinski definition) is 4. The van der Waals surface area contributed by atoms with Crippen molar-refractivity contribution in [3.05, 3.63) is 65.0 Å². The van der Waals surface area contributed by atoms with Crippen molar-refractivity contribution in [2.24, 2.45) is 0 Å². The van der Waals surface area contributed by atoms with E-state index in [4.69, 9.17) is 4.74 Å². The topological polar surface area (TPSA) is 75.6 Å². The van der Waals surface area contributed by atoms with Gasteiger partial charge < -0.3 is 15.2 Å². The molecule has 6 heteroatoms. The lowest BCUT2D eigenvalue weighted by Gasteiger charge is -2.42. The second-order valence-corrected chi connectivity index (χ2v) is 6.89. The molecule has 2 N–H and O–H groups in total. The zero-order valence-corrected chi connectivity index (χ0v) is 14.7. The fraction of sp³-hybridized carbons (Fsp3) is 0.300. The van der Waals surface area contributed by atoms with Crippen LogP contribution in [0.5, 0.6) is 5.75 Å². The van der Waals surface area contributed by atoms with Gasteiger partial charge in [-0.3, -0.25) is 9.59 Å². The number of amides is 1. The Kier molecular flexibility index (Phi) is 4.54. The van der Waals surface area contributed by atoms with Crippen LogP contribution in [-0.2, 0) is 0 Å². The van der Waals surface area contributed by atoms with Gasteiger partial charge in [0.15, 0.2) is 5.78 Å². The number of benzene rings is 2. The van der Waals surface area contributed by atoms with Gasteiger partial charge in [0.1, 0.15) is 23.3 Å². The molecule has 0 aromatic heterocycles. The molecule has 0 aliphatic carbocycles. The molecule has 26 heavy (non-hydrogen) atoms. The Hall–Kier alpha value is -2.73. The van der Waals surface area contributed by atoms with E-state index in [0.29, 0.717) is 16.9 Å². The summed E-state index contributed by atoms with van der Waals surface area (Å²) in [5.74, 6) is -0.700. The Bertz CT molecular complexity index is 861. The molecule has 136 valence electrons. The van der Waals surface area contributed by atoms with E-state index in [2.05, 4.69) is 5.32 Å². The van der Waals surface area contributed by atoms with Crippen molar-refractivity contribution in [3.8, 4) is 5.75 Å². The number of fused-ring (bicyclic) bond motifs is 1. The standard InChI is InChI=1S/C20H20FNO4/c1-11(23)14-5-4-6-15-16(18(24)20(2,3)26-17(14)15)22-19(25)12-7-9-13(21)10-8-12/h4-10,16,18,24H,1-3H3,(H,22,25). The number of Topliss-reactive ketones (excluding diaryl/α,β-unsaturated/α-hetero) is 1. The van der Waals surface area contributed by atoms with Gasteiger partial charge in [-0.2, -0.15) is 0 Å². The van der Waals surface area contributed by atoms with Crippen LogP contribution in [0.4, 0.5) is 4.39 Å². The van der Waals surface area contributed by atoms with Crippen LogP contribution in [0.2, 0.25) is 0 Å². The number of carbonyl (C=O) groups excluding carboxylic acids is 2. The normalized spacial score (nSPS) is 20.7. The van der Waals surface area contributed by atoms with Crippen molar-refractivity contribution in [2.75, 3.05) is 0 Å². The van der Waals surface area contributed by atoms with Gasteiger partial charge in [-0.1, -0.05) is 12.1 Å². The van der Waals surface area contributed by atoms with E-state index in [1.165, 1.54) is 31.2 Å². The zero-order chi connectivity index (χ0) is 19.1. The maximum absolute atomic E-state index is 13.1. The van der Waals surface area contributed by atoms with Crippen LogP contribution in [0.1, 0.15) is 53.1 Å². The van der Waals surface area contributed by atoms with Crippen molar-refractivity contribution in [1.82, 2.24) is 5.32 Å². The summed E-state index contributed by atoms with van der Waals surface area (Å²) in [5.41, 5.74) is 0.176.